The standard InChI is InChI=1S/C20H24N2O4/c1-25-13-5-12-21-19(23)15-8-10-16(11-9-15)20(24)22-14-17-6-3-4-7-18(17)26-2/h3-4,6-11H,5,12-14H2,1-2H3,(H,21,23)(H,22,24). The van der Waals surface area contributed by atoms with Crippen molar-refractivity contribution in [2.75, 3.05) is 27.4 Å². The largest absolute Gasteiger partial charge is 0.496 e. The van der Waals surface area contributed by atoms with Gasteiger partial charge in [-0.2, -0.15) is 0 Å². The van der Waals surface area contributed by atoms with Crippen molar-refractivity contribution < 1.29 is 19.1 Å². The Bertz CT molecular complexity index is 729. The van der Waals surface area contributed by atoms with E-state index in [1.807, 2.05) is 24.3 Å². The molecule has 0 saturated carbocycles. The first-order chi connectivity index (χ1) is 12.7. The summed E-state index contributed by atoms with van der Waals surface area (Å²) >= 11 is 0. The van der Waals surface area contributed by atoms with Gasteiger partial charge in [0.15, 0.2) is 0 Å². The van der Waals surface area contributed by atoms with Gasteiger partial charge in [0, 0.05) is 43.5 Å². The van der Waals surface area contributed by atoms with Crippen molar-refractivity contribution in [3.05, 3.63) is 65.2 Å². The summed E-state index contributed by atoms with van der Waals surface area (Å²) in [5, 5.41) is 5.66. The lowest BCUT2D eigenvalue weighted by atomic mass is 10.1. The number of ether oxygens (including phenoxy) is 2. The highest BCUT2D eigenvalue weighted by Crippen LogP contribution is 2.17. The van der Waals surface area contributed by atoms with Gasteiger partial charge in [-0.05, 0) is 36.8 Å². The summed E-state index contributed by atoms with van der Waals surface area (Å²) in [6, 6.07) is 14.1. The predicted molar refractivity (Wildman–Crippen MR) is 99.4 cm³/mol. The fourth-order valence-corrected chi connectivity index (χ4v) is 2.42. The molecule has 6 nitrogen and oxygen atoms in total. The minimum absolute atomic E-state index is 0.165. The first kappa shape index (κ1) is 19.5. The van der Waals surface area contributed by atoms with E-state index in [9.17, 15) is 9.59 Å². The minimum Gasteiger partial charge on any atom is -0.496 e. The van der Waals surface area contributed by atoms with Gasteiger partial charge in [-0.3, -0.25) is 9.59 Å². The van der Waals surface area contributed by atoms with Crippen LogP contribution in [-0.4, -0.2) is 39.2 Å². The second kappa shape index (κ2) is 10.2. The molecule has 0 saturated heterocycles. The van der Waals surface area contributed by atoms with Gasteiger partial charge in [0.05, 0.1) is 7.11 Å². The Balaban J connectivity index is 1.89. The molecule has 0 aliphatic heterocycles. The molecule has 2 rings (SSSR count). The van der Waals surface area contributed by atoms with Crippen LogP contribution >= 0.6 is 0 Å². The van der Waals surface area contributed by atoms with E-state index in [0.717, 1.165) is 17.7 Å². The maximum absolute atomic E-state index is 12.3. The Morgan fingerprint density at radius 1 is 0.885 bits per heavy atom. The van der Waals surface area contributed by atoms with Crippen LogP contribution in [0.5, 0.6) is 5.75 Å². The van der Waals surface area contributed by atoms with E-state index >= 15 is 0 Å². The number of amides is 2. The molecule has 138 valence electrons. The molecule has 2 N–H and O–H groups in total. The summed E-state index contributed by atoms with van der Waals surface area (Å²) in [4.78, 5) is 24.3. The van der Waals surface area contributed by atoms with E-state index in [4.69, 9.17) is 9.47 Å². The van der Waals surface area contributed by atoms with Crippen molar-refractivity contribution in [3.63, 3.8) is 0 Å². The molecule has 0 unspecified atom stereocenters. The summed E-state index contributed by atoms with van der Waals surface area (Å²) in [6.45, 7) is 1.52. The predicted octanol–water partition coefficient (Wildman–Crippen LogP) is 2.39. The molecule has 0 aliphatic carbocycles. The first-order valence-corrected chi connectivity index (χ1v) is 8.43. The van der Waals surface area contributed by atoms with E-state index in [-0.39, 0.29) is 11.8 Å². The molecule has 2 aromatic carbocycles. The molecule has 0 aliphatic rings. The van der Waals surface area contributed by atoms with Crippen LogP contribution in [0.25, 0.3) is 0 Å². The molecule has 0 radical (unpaired) electrons. The van der Waals surface area contributed by atoms with Gasteiger partial charge >= 0.3 is 0 Å². The lowest BCUT2D eigenvalue weighted by Crippen LogP contribution is -2.26. The normalized spacial score (nSPS) is 10.2. The van der Waals surface area contributed by atoms with E-state index in [1.165, 1.54) is 0 Å². The molecular weight excluding hydrogens is 332 g/mol. The van der Waals surface area contributed by atoms with Gasteiger partial charge < -0.3 is 20.1 Å². The zero-order valence-electron chi connectivity index (χ0n) is 15.1. The molecule has 0 aromatic heterocycles. The molecule has 0 fully saturated rings. The summed E-state index contributed by atoms with van der Waals surface area (Å²) < 4.78 is 10.2. The van der Waals surface area contributed by atoms with E-state index < -0.39 is 0 Å². The van der Waals surface area contributed by atoms with Crippen molar-refractivity contribution in [2.45, 2.75) is 13.0 Å². The number of carbonyl (C=O) groups is 2. The Hall–Kier alpha value is -2.86. The Morgan fingerprint density at radius 3 is 2.12 bits per heavy atom. The SMILES string of the molecule is COCCCNC(=O)c1ccc(C(=O)NCc2ccccc2OC)cc1. The second-order valence-corrected chi connectivity index (χ2v) is 5.67. The van der Waals surface area contributed by atoms with Crippen molar-refractivity contribution in [3.8, 4) is 5.75 Å². The van der Waals surface area contributed by atoms with Gasteiger partial charge in [0.2, 0.25) is 0 Å². The van der Waals surface area contributed by atoms with Crippen LogP contribution in [0.15, 0.2) is 48.5 Å². The molecule has 0 spiro atoms. The average Bonchev–Trinajstić information content (AvgIpc) is 2.69. The Kier molecular flexibility index (Phi) is 7.64. The van der Waals surface area contributed by atoms with Crippen LogP contribution in [0, 0.1) is 0 Å². The fraction of sp³-hybridized carbons (Fsp3) is 0.300. The first-order valence-electron chi connectivity index (χ1n) is 8.43. The zero-order valence-corrected chi connectivity index (χ0v) is 15.1. The maximum atomic E-state index is 12.3. The number of para-hydroxylation sites is 1. The number of hydrogen-bond donors (Lipinski definition) is 2. The molecule has 6 heteroatoms. The number of carbonyl (C=O) groups excluding carboxylic acids is 2. The van der Waals surface area contributed by atoms with Crippen molar-refractivity contribution in [2.24, 2.45) is 0 Å². The fourth-order valence-electron chi connectivity index (χ4n) is 2.42. The molecule has 0 bridgehead atoms. The Morgan fingerprint density at radius 2 is 1.50 bits per heavy atom. The summed E-state index contributed by atoms with van der Waals surface area (Å²) in [7, 11) is 3.22. The van der Waals surface area contributed by atoms with Crippen LogP contribution < -0.4 is 15.4 Å². The summed E-state index contributed by atoms with van der Waals surface area (Å²) in [5.74, 6) is 0.360. The van der Waals surface area contributed by atoms with E-state index in [2.05, 4.69) is 10.6 Å². The molecule has 0 heterocycles. The van der Waals surface area contributed by atoms with Crippen LogP contribution in [-0.2, 0) is 11.3 Å². The quantitative estimate of drug-likeness (QED) is 0.677. The van der Waals surface area contributed by atoms with Gasteiger partial charge in [0.1, 0.15) is 5.75 Å². The smallest absolute Gasteiger partial charge is 0.251 e. The number of hydrogen-bond acceptors (Lipinski definition) is 4. The van der Waals surface area contributed by atoms with Crippen molar-refractivity contribution in [1.82, 2.24) is 10.6 Å². The third-order valence-electron chi connectivity index (χ3n) is 3.85. The van der Waals surface area contributed by atoms with Crippen LogP contribution in [0.3, 0.4) is 0 Å². The lowest BCUT2D eigenvalue weighted by Gasteiger charge is -2.10. The van der Waals surface area contributed by atoms with Gasteiger partial charge in [-0.15, -0.1) is 0 Å². The molecule has 26 heavy (non-hydrogen) atoms. The highest BCUT2D eigenvalue weighted by atomic mass is 16.5. The highest BCUT2D eigenvalue weighted by Gasteiger charge is 2.09. The third kappa shape index (κ3) is 5.60. The number of nitrogens with one attached hydrogen (secondary N) is 2. The van der Waals surface area contributed by atoms with Crippen LogP contribution in [0.1, 0.15) is 32.7 Å². The third-order valence-corrected chi connectivity index (χ3v) is 3.85. The minimum atomic E-state index is -0.206. The van der Waals surface area contributed by atoms with E-state index in [1.54, 1.807) is 38.5 Å². The molecule has 2 aromatic rings. The summed E-state index contributed by atoms with van der Waals surface area (Å²) in [5.41, 5.74) is 1.91. The maximum Gasteiger partial charge on any atom is 0.251 e. The van der Waals surface area contributed by atoms with Gasteiger partial charge in [-0.25, -0.2) is 0 Å². The van der Waals surface area contributed by atoms with Gasteiger partial charge in [-0.1, -0.05) is 18.2 Å². The van der Waals surface area contributed by atoms with Crippen molar-refractivity contribution >= 4 is 11.8 Å². The molecule has 2 amide bonds. The summed E-state index contributed by atoms with van der Waals surface area (Å²) in [6.07, 6.45) is 0.756. The van der Waals surface area contributed by atoms with Crippen LogP contribution in [0.4, 0.5) is 0 Å². The number of methoxy groups -OCH3 is 2. The zero-order chi connectivity index (χ0) is 18.8. The second-order valence-electron chi connectivity index (χ2n) is 5.67. The van der Waals surface area contributed by atoms with Gasteiger partial charge in [0.25, 0.3) is 11.8 Å². The highest BCUT2D eigenvalue weighted by molar-refractivity contribution is 5.97. The lowest BCUT2D eigenvalue weighted by molar-refractivity contribution is 0.0937. The van der Waals surface area contributed by atoms with E-state index in [0.29, 0.717) is 30.8 Å². The average molecular weight is 356 g/mol. The molecular formula is C20H24N2O4. The number of rotatable bonds is 9. The van der Waals surface area contributed by atoms with Crippen LogP contribution in [0.2, 0.25) is 0 Å². The van der Waals surface area contributed by atoms with Crippen molar-refractivity contribution in [1.29, 1.82) is 0 Å². The molecule has 0 atom stereocenters. The monoisotopic (exact) mass is 356 g/mol. The topological polar surface area (TPSA) is 76.7 Å². The number of benzene rings is 2. The Labute approximate surface area is 153 Å².